The topological polar surface area (TPSA) is 28.7 Å². The van der Waals surface area contributed by atoms with Gasteiger partial charge in [0.15, 0.2) is 0 Å². The lowest BCUT2D eigenvalue weighted by molar-refractivity contribution is 0.578. The van der Waals surface area contributed by atoms with Crippen LogP contribution >= 0.6 is 0 Å². The van der Waals surface area contributed by atoms with Crippen LogP contribution in [0.5, 0.6) is 0 Å². The number of hydrogen-bond acceptors (Lipinski definition) is 1. The van der Waals surface area contributed by atoms with Crippen LogP contribution < -0.4 is 0 Å². The Morgan fingerprint density at radius 2 is 1.75 bits per heavy atom. The molecule has 4 heteroatoms. The van der Waals surface area contributed by atoms with Crippen LogP contribution in [0.1, 0.15) is 11.1 Å². The Hall–Kier alpha value is -2.67. The number of fused-ring (bicyclic) bond motifs is 1. The molecule has 0 spiro atoms. The molecule has 0 fully saturated rings. The highest BCUT2D eigenvalue weighted by atomic mass is 19.1. The van der Waals surface area contributed by atoms with E-state index in [0.717, 1.165) is 17.0 Å². The zero-order valence-electron chi connectivity index (χ0n) is 10.5. The highest BCUT2D eigenvalue weighted by Gasteiger charge is 2.05. The van der Waals surface area contributed by atoms with Gasteiger partial charge in [-0.25, -0.2) is 8.78 Å². The monoisotopic (exact) mass is 268 g/mol. The Kier molecular flexibility index (Phi) is 2.96. The van der Waals surface area contributed by atoms with E-state index < -0.39 is 11.6 Å². The second-order valence-electron chi connectivity index (χ2n) is 4.61. The summed E-state index contributed by atoms with van der Waals surface area (Å²) in [5.74, 6) is -1.16. The van der Waals surface area contributed by atoms with Crippen molar-refractivity contribution in [2.24, 2.45) is 0 Å². The van der Waals surface area contributed by atoms with Gasteiger partial charge in [-0.3, -0.25) is 0 Å². The second kappa shape index (κ2) is 4.78. The quantitative estimate of drug-likeness (QED) is 0.694. The van der Waals surface area contributed by atoms with Gasteiger partial charge in [0.1, 0.15) is 11.6 Å². The maximum Gasteiger partial charge on any atom is 0.126 e. The molecule has 1 aromatic heterocycles. The van der Waals surface area contributed by atoms with Gasteiger partial charge in [0.25, 0.3) is 0 Å². The van der Waals surface area contributed by atoms with Crippen molar-refractivity contribution in [3.8, 4) is 6.07 Å². The maximum absolute atomic E-state index is 13.2. The molecule has 0 aliphatic heterocycles. The number of rotatable bonds is 2. The zero-order chi connectivity index (χ0) is 14.1. The molecule has 98 valence electrons. The van der Waals surface area contributed by atoms with Crippen LogP contribution in [0.4, 0.5) is 8.78 Å². The van der Waals surface area contributed by atoms with Crippen LogP contribution in [0.3, 0.4) is 0 Å². The van der Waals surface area contributed by atoms with Crippen molar-refractivity contribution in [1.82, 2.24) is 4.57 Å². The molecule has 3 rings (SSSR count). The van der Waals surface area contributed by atoms with E-state index in [1.807, 2.05) is 22.9 Å². The largest absolute Gasteiger partial charge is 0.343 e. The van der Waals surface area contributed by atoms with Gasteiger partial charge < -0.3 is 4.57 Å². The number of benzene rings is 2. The van der Waals surface area contributed by atoms with E-state index in [9.17, 15) is 8.78 Å². The molecule has 0 saturated heterocycles. The highest BCUT2D eigenvalue weighted by molar-refractivity contribution is 5.81. The van der Waals surface area contributed by atoms with E-state index >= 15 is 0 Å². The van der Waals surface area contributed by atoms with Gasteiger partial charge in [-0.05, 0) is 42.0 Å². The van der Waals surface area contributed by atoms with Crippen LogP contribution in [0.2, 0.25) is 0 Å². The third-order valence-corrected chi connectivity index (χ3v) is 3.18. The van der Waals surface area contributed by atoms with Gasteiger partial charge in [0.05, 0.1) is 11.6 Å². The molecule has 0 unspecified atom stereocenters. The van der Waals surface area contributed by atoms with Crippen molar-refractivity contribution in [2.75, 3.05) is 0 Å². The average molecular weight is 268 g/mol. The van der Waals surface area contributed by atoms with Gasteiger partial charge in [-0.1, -0.05) is 0 Å². The summed E-state index contributed by atoms with van der Waals surface area (Å²) in [6.07, 6.45) is 1.84. The lowest BCUT2D eigenvalue weighted by atomic mass is 10.1. The summed E-state index contributed by atoms with van der Waals surface area (Å²) >= 11 is 0. The van der Waals surface area contributed by atoms with E-state index in [0.29, 0.717) is 17.7 Å². The summed E-state index contributed by atoms with van der Waals surface area (Å²) in [5, 5.41) is 9.79. The van der Waals surface area contributed by atoms with Gasteiger partial charge in [0, 0.05) is 29.7 Å². The molecule has 0 radical (unpaired) electrons. The second-order valence-corrected chi connectivity index (χ2v) is 4.61. The molecular formula is C16H10F2N2. The lowest BCUT2D eigenvalue weighted by Gasteiger charge is -2.06. The van der Waals surface area contributed by atoms with Crippen molar-refractivity contribution in [1.29, 1.82) is 5.26 Å². The molecule has 0 bridgehead atoms. The predicted octanol–water partition coefficient (Wildman–Crippen LogP) is 3.84. The van der Waals surface area contributed by atoms with Crippen LogP contribution in [0, 0.1) is 23.0 Å². The summed E-state index contributed by atoms with van der Waals surface area (Å²) < 4.78 is 28.3. The van der Waals surface area contributed by atoms with E-state index in [4.69, 9.17) is 5.26 Å². The SMILES string of the molecule is N#Cc1ccc2c(ccn2Cc2cc(F)cc(F)c2)c1. The highest BCUT2D eigenvalue weighted by Crippen LogP contribution is 2.19. The Morgan fingerprint density at radius 3 is 2.45 bits per heavy atom. The fourth-order valence-corrected chi connectivity index (χ4v) is 2.31. The molecule has 2 nitrogen and oxygen atoms in total. The first kappa shape index (κ1) is 12.4. The van der Waals surface area contributed by atoms with Gasteiger partial charge in [-0.2, -0.15) is 5.26 Å². The van der Waals surface area contributed by atoms with Crippen LogP contribution in [-0.4, -0.2) is 4.57 Å². The fourth-order valence-electron chi connectivity index (χ4n) is 2.31. The van der Waals surface area contributed by atoms with Crippen molar-refractivity contribution in [2.45, 2.75) is 6.54 Å². The summed E-state index contributed by atoms with van der Waals surface area (Å²) in [6, 6.07) is 12.8. The number of hydrogen-bond donors (Lipinski definition) is 0. The van der Waals surface area contributed by atoms with Gasteiger partial charge in [-0.15, -0.1) is 0 Å². The predicted molar refractivity (Wildman–Crippen MR) is 72.1 cm³/mol. The fraction of sp³-hybridized carbons (Fsp3) is 0.0625. The molecule has 3 aromatic rings. The molecule has 0 amide bonds. The van der Waals surface area contributed by atoms with E-state index in [1.54, 1.807) is 12.1 Å². The molecule has 1 heterocycles. The minimum absolute atomic E-state index is 0.379. The number of nitrogens with zero attached hydrogens (tertiary/aromatic N) is 2. The Balaban J connectivity index is 2.01. The van der Waals surface area contributed by atoms with Crippen LogP contribution in [0.25, 0.3) is 10.9 Å². The van der Waals surface area contributed by atoms with Crippen molar-refractivity contribution >= 4 is 10.9 Å². The molecule has 20 heavy (non-hydrogen) atoms. The van der Waals surface area contributed by atoms with Crippen molar-refractivity contribution in [3.05, 3.63) is 71.4 Å². The summed E-state index contributed by atoms with van der Waals surface area (Å²) in [4.78, 5) is 0. The summed E-state index contributed by atoms with van der Waals surface area (Å²) in [7, 11) is 0. The third kappa shape index (κ3) is 2.26. The van der Waals surface area contributed by atoms with E-state index in [2.05, 4.69) is 6.07 Å². The first-order valence-corrected chi connectivity index (χ1v) is 6.10. The first-order valence-electron chi connectivity index (χ1n) is 6.10. The smallest absolute Gasteiger partial charge is 0.126 e. The van der Waals surface area contributed by atoms with E-state index in [1.165, 1.54) is 12.1 Å². The third-order valence-electron chi connectivity index (χ3n) is 3.18. The zero-order valence-corrected chi connectivity index (χ0v) is 10.5. The maximum atomic E-state index is 13.2. The summed E-state index contributed by atoms with van der Waals surface area (Å²) in [6.45, 7) is 0.379. The number of halogens is 2. The van der Waals surface area contributed by atoms with Crippen LogP contribution in [0.15, 0.2) is 48.7 Å². The molecular weight excluding hydrogens is 258 g/mol. The summed E-state index contributed by atoms with van der Waals surface area (Å²) in [5.41, 5.74) is 2.07. The van der Waals surface area contributed by atoms with Crippen LogP contribution in [-0.2, 0) is 6.54 Å². The number of aromatic nitrogens is 1. The molecule has 0 saturated carbocycles. The average Bonchev–Trinajstić information content (AvgIpc) is 2.80. The normalized spacial score (nSPS) is 10.7. The minimum Gasteiger partial charge on any atom is -0.343 e. The Bertz CT molecular complexity index is 808. The molecule has 0 aliphatic carbocycles. The lowest BCUT2D eigenvalue weighted by Crippen LogP contribution is -1.99. The van der Waals surface area contributed by atoms with Crippen molar-refractivity contribution in [3.63, 3.8) is 0 Å². The standard InChI is InChI=1S/C16H10F2N2/c17-14-6-12(7-15(18)8-14)10-20-4-3-13-5-11(9-19)1-2-16(13)20/h1-8H,10H2. The molecule has 0 aliphatic rings. The Morgan fingerprint density at radius 1 is 1.00 bits per heavy atom. The minimum atomic E-state index is -0.580. The van der Waals surface area contributed by atoms with Crippen molar-refractivity contribution < 1.29 is 8.78 Å². The van der Waals surface area contributed by atoms with E-state index in [-0.39, 0.29) is 0 Å². The molecule has 2 aromatic carbocycles. The van der Waals surface area contributed by atoms with Gasteiger partial charge >= 0.3 is 0 Å². The number of nitriles is 1. The Labute approximate surface area is 114 Å². The molecule has 0 atom stereocenters. The first-order chi connectivity index (χ1) is 9.65. The van der Waals surface area contributed by atoms with Gasteiger partial charge in [0.2, 0.25) is 0 Å². The molecule has 0 N–H and O–H groups in total.